The number of hydrogen-bond donors (Lipinski definition) is 2. The van der Waals surface area contributed by atoms with E-state index in [1.807, 2.05) is 0 Å². The third kappa shape index (κ3) is 5.62. The zero-order valence-corrected chi connectivity index (χ0v) is 19.5. The number of benzene rings is 1. The molecular formula is C23H29N5O4S. The highest BCUT2D eigenvalue weighted by Crippen LogP contribution is 2.29. The van der Waals surface area contributed by atoms with E-state index in [0.717, 1.165) is 50.9 Å². The van der Waals surface area contributed by atoms with Crippen LogP contribution in [0.5, 0.6) is 5.88 Å². The number of piperidine rings is 1. The molecule has 1 aliphatic carbocycles. The first-order chi connectivity index (χ1) is 15.8. The summed E-state index contributed by atoms with van der Waals surface area (Å²) in [4.78, 5) is 10.9. The average molecular weight is 472 g/mol. The lowest BCUT2D eigenvalue weighted by Gasteiger charge is -2.37. The van der Waals surface area contributed by atoms with Gasteiger partial charge in [-0.25, -0.2) is 18.4 Å². The molecule has 2 N–H and O–H groups in total. The standard InChI is InChI=1S/C23H29N5O4S/c1-16(31-18-4-3-5-18)28-12-10-19(11-13-28)32-23-21(14-24)22(25-15-26-23)27-17-6-8-20(9-7-17)33(2,29)30/h6-9,14-15,18-19,24H,1,3-5,10-13H2,2H3,(H,25,26,27). The van der Waals surface area contributed by atoms with Gasteiger partial charge in [0.1, 0.15) is 24.4 Å². The van der Waals surface area contributed by atoms with Crippen molar-refractivity contribution in [1.82, 2.24) is 14.9 Å². The molecule has 0 atom stereocenters. The van der Waals surface area contributed by atoms with Crippen LogP contribution in [0.4, 0.5) is 11.5 Å². The zero-order valence-electron chi connectivity index (χ0n) is 18.7. The average Bonchev–Trinajstić information content (AvgIpc) is 2.77. The van der Waals surface area contributed by atoms with Gasteiger partial charge in [-0.05, 0) is 50.1 Å². The van der Waals surface area contributed by atoms with Gasteiger partial charge in [0.25, 0.3) is 0 Å². The molecule has 4 rings (SSSR count). The van der Waals surface area contributed by atoms with Gasteiger partial charge in [-0.2, -0.15) is 0 Å². The Morgan fingerprint density at radius 3 is 2.42 bits per heavy atom. The van der Waals surface area contributed by atoms with Gasteiger partial charge in [-0.15, -0.1) is 0 Å². The molecule has 2 heterocycles. The van der Waals surface area contributed by atoms with Gasteiger partial charge in [0.05, 0.1) is 10.5 Å². The maximum Gasteiger partial charge on any atom is 0.227 e. The fourth-order valence-corrected chi connectivity index (χ4v) is 4.39. The molecule has 0 spiro atoms. The lowest BCUT2D eigenvalue weighted by molar-refractivity contribution is -0.00734. The molecule has 1 saturated heterocycles. The van der Waals surface area contributed by atoms with E-state index in [-0.39, 0.29) is 11.0 Å². The number of sulfone groups is 1. The van der Waals surface area contributed by atoms with Crippen LogP contribution in [0.15, 0.2) is 48.0 Å². The summed E-state index contributed by atoms with van der Waals surface area (Å²) in [6.45, 7) is 5.66. The third-order valence-corrected chi connectivity index (χ3v) is 7.09. The number of nitrogens with zero attached hydrogens (tertiary/aromatic N) is 3. The quantitative estimate of drug-likeness (QED) is 0.421. The van der Waals surface area contributed by atoms with E-state index >= 15 is 0 Å². The van der Waals surface area contributed by atoms with Gasteiger partial charge >= 0.3 is 0 Å². The molecule has 0 amide bonds. The molecule has 1 aliphatic heterocycles. The van der Waals surface area contributed by atoms with Crippen molar-refractivity contribution < 1.29 is 17.9 Å². The number of hydrogen-bond acceptors (Lipinski definition) is 9. The maximum absolute atomic E-state index is 11.7. The van der Waals surface area contributed by atoms with E-state index in [0.29, 0.717) is 29.1 Å². The molecule has 1 aromatic carbocycles. The van der Waals surface area contributed by atoms with Crippen molar-refractivity contribution in [2.24, 2.45) is 0 Å². The SMILES string of the molecule is C=C(OC1CCC1)N1CCC(Oc2ncnc(Nc3ccc(S(C)(=O)=O)cc3)c2C=N)CC1. The second kappa shape index (κ2) is 9.78. The van der Waals surface area contributed by atoms with Crippen molar-refractivity contribution in [3.63, 3.8) is 0 Å². The molecule has 1 saturated carbocycles. The molecule has 2 aliphatic rings. The Kier molecular flexibility index (Phi) is 6.83. The monoisotopic (exact) mass is 471 g/mol. The summed E-state index contributed by atoms with van der Waals surface area (Å²) < 4.78 is 35.4. The molecule has 10 heteroatoms. The Morgan fingerprint density at radius 1 is 1.15 bits per heavy atom. The van der Waals surface area contributed by atoms with Crippen molar-refractivity contribution in [3.8, 4) is 5.88 Å². The third-order valence-electron chi connectivity index (χ3n) is 5.96. The van der Waals surface area contributed by atoms with Crippen LogP contribution in [-0.2, 0) is 14.6 Å². The Morgan fingerprint density at radius 2 is 1.85 bits per heavy atom. The summed E-state index contributed by atoms with van der Waals surface area (Å²) in [5, 5.41) is 11.0. The minimum Gasteiger partial charge on any atom is -0.476 e. The minimum absolute atomic E-state index is 0.0340. The second-order valence-corrected chi connectivity index (χ2v) is 10.4. The van der Waals surface area contributed by atoms with Crippen LogP contribution in [-0.4, -0.2) is 61.1 Å². The van der Waals surface area contributed by atoms with Crippen LogP contribution in [0.25, 0.3) is 0 Å². The molecule has 2 fully saturated rings. The van der Waals surface area contributed by atoms with E-state index in [2.05, 4.69) is 26.8 Å². The van der Waals surface area contributed by atoms with E-state index in [4.69, 9.17) is 14.9 Å². The van der Waals surface area contributed by atoms with Crippen LogP contribution in [0.3, 0.4) is 0 Å². The number of anilines is 2. The molecule has 0 radical (unpaired) electrons. The van der Waals surface area contributed by atoms with Gasteiger partial charge in [-0.1, -0.05) is 0 Å². The summed E-state index contributed by atoms with van der Waals surface area (Å²) >= 11 is 0. The summed E-state index contributed by atoms with van der Waals surface area (Å²) in [6.07, 6.45) is 9.03. The Balaban J connectivity index is 1.38. The van der Waals surface area contributed by atoms with Gasteiger partial charge < -0.3 is 25.1 Å². The molecule has 0 unspecified atom stereocenters. The summed E-state index contributed by atoms with van der Waals surface area (Å²) in [5.41, 5.74) is 1.08. The largest absolute Gasteiger partial charge is 0.476 e. The highest BCUT2D eigenvalue weighted by molar-refractivity contribution is 7.90. The molecule has 2 aromatic rings. The van der Waals surface area contributed by atoms with Crippen molar-refractivity contribution in [1.29, 1.82) is 5.41 Å². The second-order valence-electron chi connectivity index (χ2n) is 8.38. The van der Waals surface area contributed by atoms with Crippen molar-refractivity contribution in [3.05, 3.63) is 48.6 Å². The molecule has 0 bridgehead atoms. The Hall–Kier alpha value is -3.14. The zero-order chi connectivity index (χ0) is 23.4. The first-order valence-corrected chi connectivity index (χ1v) is 12.9. The van der Waals surface area contributed by atoms with Crippen LogP contribution in [0, 0.1) is 5.41 Å². The molecule has 1 aromatic heterocycles. The van der Waals surface area contributed by atoms with E-state index in [1.54, 1.807) is 12.1 Å². The lowest BCUT2D eigenvalue weighted by atomic mass is 9.96. The van der Waals surface area contributed by atoms with Crippen LogP contribution in [0.2, 0.25) is 0 Å². The number of rotatable bonds is 9. The van der Waals surface area contributed by atoms with E-state index in [1.165, 1.54) is 31.1 Å². The Labute approximate surface area is 194 Å². The summed E-state index contributed by atoms with van der Waals surface area (Å²) in [6, 6.07) is 6.36. The van der Waals surface area contributed by atoms with Gasteiger partial charge in [0, 0.05) is 44.1 Å². The molecular weight excluding hydrogens is 442 g/mol. The first kappa shape index (κ1) is 23.0. The topological polar surface area (TPSA) is 118 Å². The lowest BCUT2D eigenvalue weighted by Crippen LogP contribution is -2.39. The van der Waals surface area contributed by atoms with Gasteiger partial charge in [0.2, 0.25) is 5.88 Å². The minimum atomic E-state index is -3.27. The fourth-order valence-electron chi connectivity index (χ4n) is 3.76. The van der Waals surface area contributed by atoms with Crippen molar-refractivity contribution in [2.45, 2.75) is 49.2 Å². The predicted molar refractivity (Wildman–Crippen MR) is 126 cm³/mol. The van der Waals surface area contributed by atoms with Crippen LogP contribution < -0.4 is 10.1 Å². The number of nitrogens with one attached hydrogen (secondary N) is 2. The smallest absolute Gasteiger partial charge is 0.227 e. The van der Waals surface area contributed by atoms with Gasteiger partial charge in [-0.3, -0.25) is 0 Å². The highest BCUT2D eigenvalue weighted by atomic mass is 32.2. The molecule has 9 nitrogen and oxygen atoms in total. The predicted octanol–water partition coefficient (Wildman–Crippen LogP) is 3.50. The maximum atomic E-state index is 11.7. The van der Waals surface area contributed by atoms with Gasteiger partial charge in [0.15, 0.2) is 15.7 Å². The molecule has 176 valence electrons. The van der Waals surface area contributed by atoms with E-state index < -0.39 is 9.84 Å². The number of aromatic nitrogens is 2. The first-order valence-electron chi connectivity index (χ1n) is 11.0. The normalized spacial score (nSPS) is 17.2. The molecule has 33 heavy (non-hydrogen) atoms. The van der Waals surface area contributed by atoms with Crippen LogP contribution >= 0.6 is 0 Å². The number of ether oxygens (including phenoxy) is 2. The van der Waals surface area contributed by atoms with E-state index in [9.17, 15) is 8.42 Å². The number of likely N-dealkylation sites (tertiary alicyclic amines) is 1. The van der Waals surface area contributed by atoms with Crippen molar-refractivity contribution >= 4 is 27.6 Å². The summed E-state index contributed by atoms with van der Waals surface area (Å²) in [5.74, 6) is 1.51. The Bertz CT molecular complexity index is 1110. The van der Waals surface area contributed by atoms with Crippen molar-refractivity contribution in [2.75, 3.05) is 24.7 Å². The highest BCUT2D eigenvalue weighted by Gasteiger charge is 2.26. The fraction of sp³-hybridized carbons (Fsp3) is 0.435. The summed E-state index contributed by atoms with van der Waals surface area (Å²) in [7, 11) is -3.27. The van der Waals surface area contributed by atoms with Crippen LogP contribution in [0.1, 0.15) is 37.7 Å².